The van der Waals surface area contributed by atoms with Crippen LogP contribution in [0.15, 0.2) is 12.1 Å². The van der Waals surface area contributed by atoms with Crippen LogP contribution in [-0.4, -0.2) is 16.7 Å². The number of hydrogen-bond acceptors (Lipinski definition) is 3. The Balaban J connectivity index is 2.88. The average Bonchev–Trinajstić information content (AvgIpc) is 2.04. The van der Waals surface area contributed by atoms with Gasteiger partial charge in [-0.2, -0.15) is 0 Å². The van der Waals surface area contributed by atoms with Crippen molar-refractivity contribution >= 4 is 11.6 Å². The molecule has 3 N–H and O–H groups in total. The summed E-state index contributed by atoms with van der Waals surface area (Å²) in [7, 11) is 0. The van der Waals surface area contributed by atoms with Gasteiger partial charge >= 0.3 is 0 Å². The Labute approximate surface area is 82.5 Å². The Morgan fingerprint density at radius 1 is 1.62 bits per heavy atom. The van der Waals surface area contributed by atoms with Crippen LogP contribution >= 0.6 is 11.6 Å². The van der Waals surface area contributed by atoms with Gasteiger partial charge in [0.2, 0.25) is 0 Å². The second-order valence-electron chi connectivity index (χ2n) is 2.95. The van der Waals surface area contributed by atoms with Gasteiger partial charge in [0.25, 0.3) is 0 Å². The van der Waals surface area contributed by atoms with Crippen LogP contribution in [0.5, 0.6) is 0 Å². The van der Waals surface area contributed by atoms with E-state index in [4.69, 9.17) is 22.4 Å². The van der Waals surface area contributed by atoms with Crippen LogP contribution in [0.3, 0.4) is 0 Å². The van der Waals surface area contributed by atoms with Crippen molar-refractivity contribution in [3.63, 3.8) is 0 Å². The van der Waals surface area contributed by atoms with Crippen molar-refractivity contribution in [1.29, 1.82) is 0 Å². The Hall–Kier alpha value is -0.640. The lowest BCUT2D eigenvalue weighted by molar-refractivity contribution is 0.276. The fourth-order valence-electron chi connectivity index (χ4n) is 1.11. The van der Waals surface area contributed by atoms with E-state index in [0.29, 0.717) is 11.6 Å². The van der Waals surface area contributed by atoms with Crippen molar-refractivity contribution in [2.45, 2.75) is 19.4 Å². The summed E-state index contributed by atoms with van der Waals surface area (Å²) in [6, 6.07) is 3.48. The summed E-state index contributed by atoms with van der Waals surface area (Å²) < 4.78 is 0. The van der Waals surface area contributed by atoms with E-state index in [1.807, 2.05) is 19.1 Å². The third-order valence-corrected chi connectivity index (χ3v) is 2.16. The molecule has 0 saturated heterocycles. The molecule has 1 atom stereocenters. The third-order valence-electron chi connectivity index (χ3n) is 1.86. The zero-order valence-corrected chi connectivity index (χ0v) is 8.25. The van der Waals surface area contributed by atoms with Crippen molar-refractivity contribution in [3.8, 4) is 0 Å². The van der Waals surface area contributed by atoms with Gasteiger partial charge in [-0.25, -0.2) is 4.98 Å². The van der Waals surface area contributed by atoms with Crippen LogP contribution in [0.25, 0.3) is 0 Å². The van der Waals surface area contributed by atoms with Crippen LogP contribution in [0, 0.1) is 6.92 Å². The van der Waals surface area contributed by atoms with E-state index in [9.17, 15) is 0 Å². The van der Waals surface area contributed by atoms with E-state index >= 15 is 0 Å². The molecule has 1 heterocycles. The number of pyridine rings is 1. The molecule has 0 bridgehead atoms. The van der Waals surface area contributed by atoms with Gasteiger partial charge in [-0.15, -0.1) is 0 Å². The quantitative estimate of drug-likeness (QED) is 0.726. The minimum absolute atomic E-state index is 0.0609. The molecule has 3 nitrogen and oxygen atoms in total. The zero-order chi connectivity index (χ0) is 9.84. The Morgan fingerprint density at radius 3 is 2.85 bits per heavy atom. The largest absolute Gasteiger partial charge is 0.396 e. The molecule has 0 aliphatic carbocycles. The lowest BCUT2D eigenvalue weighted by Gasteiger charge is -2.11. The Kier molecular flexibility index (Phi) is 3.66. The molecule has 0 unspecified atom stereocenters. The standard InChI is InChI=1S/C9H13ClN2O/c1-6-2-3-7(9(10)12-6)8(11)4-5-13/h2-3,8,13H,4-5,11H2,1H3/t8-/m0/s1. The summed E-state index contributed by atoms with van der Waals surface area (Å²) in [6.45, 7) is 1.93. The highest BCUT2D eigenvalue weighted by atomic mass is 35.5. The van der Waals surface area contributed by atoms with E-state index in [1.54, 1.807) is 0 Å². The first-order chi connectivity index (χ1) is 6.15. The van der Waals surface area contributed by atoms with Crippen molar-refractivity contribution in [3.05, 3.63) is 28.5 Å². The fraction of sp³-hybridized carbons (Fsp3) is 0.444. The van der Waals surface area contributed by atoms with Crippen molar-refractivity contribution in [2.75, 3.05) is 6.61 Å². The van der Waals surface area contributed by atoms with Crippen LogP contribution in [-0.2, 0) is 0 Å². The summed E-state index contributed by atoms with van der Waals surface area (Å²) >= 11 is 5.89. The average molecular weight is 201 g/mol. The SMILES string of the molecule is Cc1ccc([C@@H](N)CCO)c(Cl)n1. The van der Waals surface area contributed by atoms with Crippen LogP contribution < -0.4 is 5.73 Å². The maximum atomic E-state index is 8.70. The number of aromatic nitrogens is 1. The summed E-state index contributed by atoms with van der Waals surface area (Å²) in [4.78, 5) is 4.08. The molecule has 13 heavy (non-hydrogen) atoms. The van der Waals surface area contributed by atoms with E-state index in [2.05, 4.69) is 4.98 Å². The topological polar surface area (TPSA) is 59.1 Å². The van der Waals surface area contributed by atoms with Crippen molar-refractivity contribution in [2.24, 2.45) is 5.73 Å². The maximum Gasteiger partial charge on any atom is 0.134 e. The molecule has 0 aliphatic heterocycles. The molecule has 72 valence electrons. The second-order valence-corrected chi connectivity index (χ2v) is 3.31. The van der Waals surface area contributed by atoms with Gasteiger partial charge in [0.1, 0.15) is 5.15 Å². The van der Waals surface area contributed by atoms with E-state index in [0.717, 1.165) is 11.3 Å². The molecule has 4 heteroatoms. The molecule has 1 aromatic rings. The van der Waals surface area contributed by atoms with Gasteiger partial charge in [-0.3, -0.25) is 0 Å². The predicted octanol–water partition coefficient (Wildman–Crippen LogP) is 1.43. The lowest BCUT2D eigenvalue weighted by Crippen LogP contribution is -2.13. The fourth-order valence-corrected chi connectivity index (χ4v) is 1.44. The summed E-state index contributed by atoms with van der Waals surface area (Å²) in [5, 5.41) is 9.13. The third kappa shape index (κ3) is 2.66. The summed E-state index contributed by atoms with van der Waals surface area (Å²) in [5.41, 5.74) is 7.43. The number of aryl methyl sites for hydroxylation is 1. The van der Waals surface area contributed by atoms with Crippen LogP contribution in [0.2, 0.25) is 5.15 Å². The normalized spacial score (nSPS) is 12.9. The van der Waals surface area contributed by atoms with Crippen molar-refractivity contribution in [1.82, 2.24) is 4.98 Å². The summed E-state index contributed by atoms with van der Waals surface area (Å²) in [6.07, 6.45) is 0.504. The molecule has 0 amide bonds. The minimum atomic E-state index is -0.231. The second kappa shape index (κ2) is 4.56. The van der Waals surface area contributed by atoms with Gasteiger partial charge in [-0.05, 0) is 19.4 Å². The first-order valence-electron chi connectivity index (χ1n) is 4.14. The molecule has 0 saturated carbocycles. The van der Waals surface area contributed by atoms with Gasteiger partial charge in [0.15, 0.2) is 0 Å². The Bertz CT molecular complexity index is 291. The molecule has 0 aliphatic rings. The molecule has 0 spiro atoms. The van der Waals surface area contributed by atoms with Gasteiger partial charge in [-0.1, -0.05) is 17.7 Å². The molecule has 0 fully saturated rings. The van der Waals surface area contributed by atoms with E-state index in [1.165, 1.54) is 0 Å². The first-order valence-corrected chi connectivity index (χ1v) is 4.52. The highest BCUT2D eigenvalue weighted by molar-refractivity contribution is 6.30. The monoisotopic (exact) mass is 200 g/mol. The van der Waals surface area contributed by atoms with E-state index < -0.39 is 0 Å². The smallest absolute Gasteiger partial charge is 0.134 e. The van der Waals surface area contributed by atoms with E-state index in [-0.39, 0.29) is 12.6 Å². The lowest BCUT2D eigenvalue weighted by atomic mass is 10.1. The van der Waals surface area contributed by atoms with Gasteiger partial charge in [0, 0.05) is 23.9 Å². The first kappa shape index (κ1) is 10.4. The maximum absolute atomic E-state index is 8.70. The van der Waals surface area contributed by atoms with Gasteiger partial charge < -0.3 is 10.8 Å². The molecule has 0 radical (unpaired) electrons. The number of rotatable bonds is 3. The number of halogens is 1. The molecular formula is C9H13ClN2O. The molecular weight excluding hydrogens is 188 g/mol. The highest BCUT2D eigenvalue weighted by Crippen LogP contribution is 2.21. The minimum Gasteiger partial charge on any atom is -0.396 e. The zero-order valence-electron chi connectivity index (χ0n) is 7.50. The number of nitrogens with zero attached hydrogens (tertiary/aromatic N) is 1. The number of aliphatic hydroxyl groups is 1. The molecule has 0 aromatic carbocycles. The number of nitrogens with two attached hydrogens (primary N) is 1. The summed E-state index contributed by atoms with van der Waals surface area (Å²) in [5.74, 6) is 0. The van der Waals surface area contributed by atoms with Crippen LogP contribution in [0.4, 0.5) is 0 Å². The molecule has 1 rings (SSSR count). The molecule has 1 aromatic heterocycles. The predicted molar refractivity (Wildman–Crippen MR) is 52.6 cm³/mol. The van der Waals surface area contributed by atoms with Crippen molar-refractivity contribution < 1.29 is 5.11 Å². The number of hydrogen-bond donors (Lipinski definition) is 2. The van der Waals surface area contributed by atoms with Crippen LogP contribution in [0.1, 0.15) is 23.7 Å². The highest BCUT2D eigenvalue weighted by Gasteiger charge is 2.10. The number of aliphatic hydroxyl groups excluding tert-OH is 1. The van der Waals surface area contributed by atoms with Gasteiger partial charge in [0.05, 0.1) is 0 Å². The Morgan fingerprint density at radius 2 is 2.31 bits per heavy atom.